The molecular weight excluding hydrogens is 487 g/mol. The van der Waals surface area contributed by atoms with E-state index in [9.17, 15) is 12.8 Å². The van der Waals surface area contributed by atoms with Crippen molar-refractivity contribution in [3.8, 4) is 11.1 Å². The minimum atomic E-state index is -4.14. The summed E-state index contributed by atoms with van der Waals surface area (Å²) in [4.78, 5) is 0.139. The van der Waals surface area contributed by atoms with Gasteiger partial charge in [-0.3, -0.25) is 9.82 Å². The quantitative estimate of drug-likeness (QED) is 0.351. The first kappa shape index (κ1) is 21.5. The number of hydrogen-bond donors (Lipinski definition) is 2. The highest BCUT2D eigenvalue weighted by Crippen LogP contribution is 2.37. The Labute approximate surface area is 198 Å². The summed E-state index contributed by atoms with van der Waals surface area (Å²) in [5, 5.41) is 10.5. The van der Waals surface area contributed by atoms with Crippen LogP contribution in [0.2, 0.25) is 5.02 Å². The van der Waals surface area contributed by atoms with E-state index in [2.05, 4.69) is 20.1 Å². The first-order valence-electron chi connectivity index (χ1n) is 9.65. The van der Waals surface area contributed by atoms with E-state index >= 15 is 0 Å². The van der Waals surface area contributed by atoms with Crippen molar-refractivity contribution in [3.63, 3.8) is 0 Å². The van der Waals surface area contributed by atoms with Crippen molar-refractivity contribution >= 4 is 61.0 Å². The summed E-state index contributed by atoms with van der Waals surface area (Å²) in [6.45, 7) is 0. The summed E-state index contributed by atoms with van der Waals surface area (Å²) < 4.78 is 48.7. The van der Waals surface area contributed by atoms with Crippen LogP contribution in [0.1, 0.15) is 12.1 Å². The zero-order valence-electron chi connectivity index (χ0n) is 16.7. The Morgan fingerprint density at radius 1 is 1.21 bits per heavy atom. The highest BCUT2D eigenvalue weighted by atomic mass is 35.5. The summed E-state index contributed by atoms with van der Waals surface area (Å²) >= 11 is 11.5. The largest absolute Gasteiger partial charge is 0.364 e. The standard InChI is InChI=1S/C22H14ClFN4O3S2/c23-19-14(12-4-2-1-3-5-12)11-15-21(20(19)24)25-26-22(15)28-33(29,30)18-10-13(6-7-17(18)32)16-8-9-31-27-16/h1-6,8-11H,7H2,(H2,25,26,28). The van der Waals surface area contributed by atoms with E-state index < -0.39 is 15.8 Å². The van der Waals surface area contributed by atoms with E-state index in [1.807, 2.05) is 6.07 Å². The third-order valence-electron chi connectivity index (χ3n) is 5.15. The van der Waals surface area contributed by atoms with E-state index in [-0.39, 0.29) is 37.9 Å². The Morgan fingerprint density at radius 3 is 2.73 bits per heavy atom. The molecule has 1 aliphatic carbocycles. The maximum Gasteiger partial charge on any atom is 0.264 e. The predicted molar refractivity (Wildman–Crippen MR) is 129 cm³/mol. The molecule has 5 rings (SSSR count). The van der Waals surface area contributed by atoms with E-state index in [0.29, 0.717) is 22.4 Å². The monoisotopic (exact) mass is 500 g/mol. The number of aromatic amines is 1. The lowest BCUT2D eigenvalue weighted by Gasteiger charge is -2.15. The maximum atomic E-state index is 15.0. The molecule has 33 heavy (non-hydrogen) atoms. The van der Waals surface area contributed by atoms with E-state index in [1.165, 1.54) is 12.3 Å². The summed E-state index contributed by atoms with van der Waals surface area (Å²) in [6, 6.07) is 12.2. The second-order valence-electron chi connectivity index (χ2n) is 7.20. The van der Waals surface area contributed by atoms with Gasteiger partial charge in [0.2, 0.25) is 0 Å². The molecule has 0 saturated carbocycles. The number of benzene rings is 2. The van der Waals surface area contributed by atoms with Crippen LogP contribution in [-0.4, -0.2) is 28.6 Å². The lowest BCUT2D eigenvalue weighted by atomic mass is 10.0. The van der Waals surface area contributed by atoms with E-state index in [1.54, 1.807) is 42.5 Å². The van der Waals surface area contributed by atoms with Crippen LogP contribution >= 0.6 is 23.8 Å². The molecule has 2 aromatic carbocycles. The summed E-state index contributed by atoms with van der Waals surface area (Å²) in [5.74, 6) is -0.798. The summed E-state index contributed by atoms with van der Waals surface area (Å²) in [6.07, 6.45) is 4.83. The van der Waals surface area contributed by atoms with Crippen molar-refractivity contribution in [1.29, 1.82) is 0 Å². The number of nitrogens with zero attached hydrogens (tertiary/aromatic N) is 2. The van der Waals surface area contributed by atoms with Gasteiger partial charge in [0.1, 0.15) is 22.4 Å². The van der Waals surface area contributed by atoms with Crippen molar-refractivity contribution in [3.05, 3.63) is 82.3 Å². The van der Waals surface area contributed by atoms with Gasteiger partial charge in [0, 0.05) is 33.9 Å². The van der Waals surface area contributed by atoms with Gasteiger partial charge in [-0.05, 0) is 17.7 Å². The van der Waals surface area contributed by atoms with Gasteiger partial charge in [-0.2, -0.15) is 5.10 Å². The first-order valence-corrected chi connectivity index (χ1v) is 11.9. The number of sulfonamides is 1. The van der Waals surface area contributed by atoms with Gasteiger partial charge in [0.15, 0.2) is 11.6 Å². The van der Waals surface area contributed by atoms with Gasteiger partial charge in [-0.1, -0.05) is 65.4 Å². The average molecular weight is 501 g/mol. The summed E-state index contributed by atoms with van der Waals surface area (Å²) in [7, 11) is -4.14. The molecular formula is C22H14ClFN4O3S2. The fourth-order valence-electron chi connectivity index (χ4n) is 3.53. The molecule has 0 bridgehead atoms. The second-order valence-corrected chi connectivity index (χ2v) is 9.72. The predicted octanol–water partition coefficient (Wildman–Crippen LogP) is 5.49. The molecule has 7 nitrogen and oxygen atoms in total. The van der Waals surface area contributed by atoms with E-state index in [0.717, 1.165) is 0 Å². The van der Waals surface area contributed by atoms with Crippen molar-refractivity contribution < 1.29 is 17.3 Å². The van der Waals surface area contributed by atoms with Crippen LogP contribution in [-0.2, 0) is 10.0 Å². The number of fused-ring (bicyclic) bond motifs is 1. The van der Waals surface area contributed by atoms with Gasteiger partial charge in [0.05, 0.1) is 5.02 Å². The minimum Gasteiger partial charge on any atom is -0.364 e. The number of H-pyrrole nitrogens is 1. The Balaban J connectivity index is 1.57. The fraction of sp³-hybridized carbons (Fsp3) is 0.0455. The normalized spacial score (nSPS) is 14.3. The van der Waals surface area contributed by atoms with Gasteiger partial charge >= 0.3 is 0 Å². The van der Waals surface area contributed by atoms with Gasteiger partial charge in [-0.25, -0.2) is 12.8 Å². The first-order chi connectivity index (χ1) is 15.8. The number of halogens is 2. The number of allylic oxidation sites excluding steroid dienone is 4. The molecule has 2 N–H and O–H groups in total. The molecule has 0 saturated heterocycles. The molecule has 2 heterocycles. The molecule has 0 atom stereocenters. The number of hydrogen-bond acceptors (Lipinski definition) is 6. The van der Waals surface area contributed by atoms with Gasteiger partial charge in [0.25, 0.3) is 10.0 Å². The fourth-order valence-corrected chi connectivity index (χ4v) is 5.45. The molecule has 2 aromatic heterocycles. The highest BCUT2D eigenvalue weighted by Gasteiger charge is 2.27. The lowest BCUT2D eigenvalue weighted by molar-refractivity contribution is 0.418. The number of anilines is 1. The van der Waals surface area contributed by atoms with Crippen LogP contribution in [0.3, 0.4) is 0 Å². The molecule has 166 valence electrons. The topological polar surface area (TPSA) is 101 Å². The smallest absolute Gasteiger partial charge is 0.264 e. The van der Waals surface area contributed by atoms with Crippen LogP contribution in [0.15, 0.2) is 70.3 Å². The van der Waals surface area contributed by atoms with Crippen LogP contribution in [0.5, 0.6) is 0 Å². The number of thiocarbonyl (C=S) groups is 1. The SMILES string of the molecule is O=S(=O)(Nc1n[nH]c2c(F)c(Cl)c(-c3ccccc3)cc12)C1=CC(c2ccon2)=CCC1=S. The van der Waals surface area contributed by atoms with Crippen molar-refractivity contribution in [2.24, 2.45) is 0 Å². The third-order valence-corrected chi connectivity index (χ3v) is 7.44. The Hall–Kier alpha value is -3.34. The minimum absolute atomic E-state index is 0.0132. The average Bonchev–Trinajstić information content (AvgIpc) is 3.47. The zero-order chi connectivity index (χ0) is 23.2. The Kier molecular flexibility index (Phi) is 5.35. The molecule has 0 spiro atoms. The third kappa shape index (κ3) is 3.86. The number of nitrogens with one attached hydrogen (secondary N) is 2. The van der Waals surface area contributed by atoms with Crippen molar-refractivity contribution in [2.45, 2.75) is 6.42 Å². The van der Waals surface area contributed by atoms with Crippen molar-refractivity contribution in [2.75, 3.05) is 4.72 Å². The molecule has 11 heteroatoms. The second kappa shape index (κ2) is 8.22. The molecule has 0 unspecified atom stereocenters. The molecule has 0 amide bonds. The zero-order valence-corrected chi connectivity index (χ0v) is 19.1. The summed E-state index contributed by atoms with van der Waals surface area (Å²) in [5.41, 5.74) is 2.12. The Morgan fingerprint density at radius 2 is 2.00 bits per heavy atom. The van der Waals surface area contributed by atoms with Crippen molar-refractivity contribution in [1.82, 2.24) is 15.4 Å². The molecule has 1 aliphatic rings. The van der Waals surface area contributed by atoms with Crippen LogP contribution in [0.25, 0.3) is 27.6 Å². The maximum absolute atomic E-state index is 15.0. The van der Waals surface area contributed by atoms with Crippen LogP contribution in [0, 0.1) is 5.82 Å². The molecule has 4 aromatic rings. The molecule has 0 aliphatic heterocycles. The number of aromatic nitrogens is 3. The van der Waals surface area contributed by atoms with E-state index in [4.69, 9.17) is 28.3 Å². The van der Waals surface area contributed by atoms with Gasteiger partial charge in [-0.15, -0.1) is 0 Å². The van der Waals surface area contributed by atoms with Gasteiger partial charge < -0.3 is 4.52 Å². The number of rotatable bonds is 5. The Bertz CT molecular complexity index is 1560. The molecule has 0 fully saturated rings. The lowest BCUT2D eigenvalue weighted by Crippen LogP contribution is -2.21. The molecule has 0 radical (unpaired) electrons. The van der Waals surface area contributed by atoms with Crippen LogP contribution < -0.4 is 4.72 Å². The van der Waals surface area contributed by atoms with Crippen LogP contribution in [0.4, 0.5) is 10.2 Å². The highest BCUT2D eigenvalue weighted by molar-refractivity contribution is 7.99.